The highest BCUT2D eigenvalue weighted by Gasteiger charge is 2.30. The van der Waals surface area contributed by atoms with Crippen LogP contribution >= 0.6 is 0 Å². The van der Waals surface area contributed by atoms with E-state index in [0.717, 1.165) is 81.1 Å². The zero-order chi connectivity index (χ0) is 28.1. The van der Waals surface area contributed by atoms with E-state index < -0.39 is 11.7 Å². The van der Waals surface area contributed by atoms with Gasteiger partial charge in [-0.15, -0.1) is 0 Å². The van der Waals surface area contributed by atoms with E-state index in [9.17, 15) is 18.0 Å². The zero-order valence-electron chi connectivity index (χ0n) is 22.4. The maximum absolute atomic E-state index is 13.2. The summed E-state index contributed by atoms with van der Waals surface area (Å²) in [5.74, 6) is 0.364. The molecule has 1 saturated heterocycles. The number of aromatic nitrogens is 1. The molecule has 0 bridgehead atoms. The fourth-order valence-electron chi connectivity index (χ4n) is 5.44. The van der Waals surface area contributed by atoms with Crippen LogP contribution in [0.3, 0.4) is 0 Å². The van der Waals surface area contributed by atoms with Crippen LogP contribution in [-0.4, -0.2) is 48.5 Å². The molecule has 40 heavy (non-hydrogen) atoms. The summed E-state index contributed by atoms with van der Waals surface area (Å²) in [6.45, 7) is 4.70. The number of rotatable bonds is 7. The molecule has 1 amide bonds. The van der Waals surface area contributed by atoms with Crippen molar-refractivity contribution >= 4 is 28.7 Å². The number of carbonyl (C=O) groups excluding carboxylic acids is 1. The van der Waals surface area contributed by atoms with Crippen LogP contribution in [0.2, 0.25) is 0 Å². The highest BCUT2D eigenvalue weighted by atomic mass is 19.4. The van der Waals surface area contributed by atoms with Gasteiger partial charge in [0.2, 0.25) is 0 Å². The number of hydrogen-bond donors (Lipinski definition) is 2. The number of halogens is 3. The number of allylic oxidation sites excluding steroid dienone is 1. The SMILES string of the molecule is Nc1cccc(CCN2CCN(c3ccc(NC(=O)C4=C(c5ccc(C(F)(F)F)cc5)CCCC4)cc3)CC2)n1. The molecule has 0 spiro atoms. The number of benzene rings is 2. The molecule has 3 N–H and O–H groups in total. The first-order valence-corrected chi connectivity index (χ1v) is 13.8. The van der Waals surface area contributed by atoms with Crippen LogP contribution in [0.1, 0.15) is 42.5 Å². The smallest absolute Gasteiger partial charge is 0.384 e. The molecule has 2 heterocycles. The number of amides is 1. The number of nitrogens with zero attached hydrogens (tertiary/aromatic N) is 3. The molecule has 0 unspecified atom stereocenters. The fraction of sp³-hybridized carbons (Fsp3) is 0.355. The second kappa shape index (κ2) is 12.1. The Labute approximate surface area is 232 Å². The van der Waals surface area contributed by atoms with E-state index in [2.05, 4.69) is 20.1 Å². The number of nitrogens with two attached hydrogens (primary N) is 1. The number of pyridine rings is 1. The van der Waals surface area contributed by atoms with Crippen molar-refractivity contribution in [3.63, 3.8) is 0 Å². The van der Waals surface area contributed by atoms with Gasteiger partial charge in [0.1, 0.15) is 5.82 Å². The molecule has 1 aliphatic carbocycles. The molecule has 1 aromatic heterocycles. The van der Waals surface area contributed by atoms with Crippen molar-refractivity contribution in [3.8, 4) is 0 Å². The van der Waals surface area contributed by atoms with Crippen molar-refractivity contribution in [2.45, 2.75) is 38.3 Å². The van der Waals surface area contributed by atoms with Gasteiger partial charge in [-0.25, -0.2) is 4.98 Å². The molecule has 9 heteroatoms. The van der Waals surface area contributed by atoms with Crippen LogP contribution in [0.4, 0.5) is 30.4 Å². The monoisotopic (exact) mass is 549 g/mol. The lowest BCUT2D eigenvalue weighted by Gasteiger charge is -2.36. The second-order valence-electron chi connectivity index (χ2n) is 10.4. The summed E-state index contributed by atoms with van der Waals surface area (Å²) in [4.78, 5) is 22.4. The third-order valence-electron chi connectivity index (χ3n) is 7.68. The van der Waals surface area contributed by atoms with Crippen LogP contribution in [-0.2, 0) is 17.4 Å². The summed E-state index contributed by atoms with van der Waals surface area (Å²) < 4.78 is 39.0. The average molecular weight is 550 g/mol. The average Bonchev–Trinajstić information content (AvgIpc) is 2.96. The lowest BCUT2D eigenvalue weighted by atomic mass is 9.86. The number of hydrogen-bond acceptors (Lipinski definition) is 5. The number of anilines is 3. The number of piperazine rings is 1. The predicted molar refractivity (Wildman–Crippen MR) is 153 cm³/mol. The summed E-state index contributed by atoms with van der Waals surface area (Å²) in [7, 11) is 0. The third kappa shape index (κ3) is 6.83. The molecular weight excluding hydrogens is 515 g/mol. The first-order valence-electron chi connectivity index (χ1n) is 13.8. The van der Waals surface area contributed by atoms with Crippen molar-refractivity contribution in [1.29, 1.82) is 0 Å². The van der Waals surface area contributed by atoms with Gasteiger partial charge < -0.3 is 16.0 Å². The first-order chi connectivity index (χ1) is 19.3. The molecule has 2 aromatic carbocycles. The van der Waals surface area contributed by atoms with Crippen molar-refractivity contribution in [2.75, 3.05) is 48.7 Å². The molecule has 3 aromatic rings. The minimum atomic E-state index is -4.38. The molecule has 0 saturated carbocycles. The Morgan fingerprint density at radius 3 is 2.27 bits per heavy atom. The highest BCUT2D eigenvalue weighted by molar-refractivity contribution is 6.09. The third-order valence-corrected chi connectivity index (χ3v) is 7.68. The Morgan fingerprint density at radius 2 is 1.60 bits per heavy atom. The lowest BCUT2D eigenvalue weighted by Crippen LogP contribution is -2.47. The Hall–Kier alpha value is -3.85. The summed E-state index contributed by atoms with van der Waals surface area (Å²) in [5, 5.41) is 3.00. The van der Waals surface area contributed by atoms with Gasteiger partial charge in [-0.1, -0.05) is 18.2 Å². The minimum absolute atomic E-state index is 0.189. The summed E-state index contributed by atoms with van der Waals surface area (Å²) in [6, 6.07) is 18.7. The standard InChI is InChI=1S/C31H34F3N5O/c32-31(33,34)23-10-8-22(9-11-23)27-5-1-2-6-28(27)30(40)37-25-12-14-26(15-13-25)39-20-18-38(19-21-39)17-16-24-4-3-7-29(35)36-24/h3-4,7-15H,1-2,5-6,16-21H2,(H2,35,36)(H,37,40). The van der Waals surface area contributed by atoms with Crippen molar-refractivity contribution in [3.05, 3.63) is 89.1 Å². The van der Waals surface area contributed by atoms with Crippen LogP contribution in [0.25, 0.3) is 5.57 Å². The molecule has 5 rings (SSSR count). The first kappa shape index (κ1) is 27.7. The molecule has 0 radical (unpaired) electrons. The van der Waals surface area contributed by atoms with Gasteiger partial charge in [0.05, 0.1) is 5.56 Å². The molecule has 6 nitrogen and oxygen atoms in total. The quantitative estimate of drug-likeness (QED) is 0.377. The fourth-order valence-corrected chi connectivity index (χ4v) is 5.44. The van der Waals surface area contributed by atoms with Gasteiger partial charge in [0, 0.05) is 61.8 Å². The van der Waals surface area contributed by atoms with Gasteiger partial charge in [-0.2, -0.15) is 13.2 Å². The number of alkyl halides is 3. The Balaban J connectivity index is 1.17. The van der Waals surface area contributed by atoms with E-state index >= 15 is 0 Å². The maximum Gasteiger partial charge on any atom is 0.416 e. The normalized spacial score (nSPS) is 16.7. The van der Waals surface area contributed by atoms with E-state index in [-0.39, 0.29) is 5.91 Å². The molecule has 2 aliphatic rings. The van der Waals surface area contributed by atoms with Crippen LogP contribution in [0.5, 0.6) is 0 Å². The van der Waals surface area contributed by atoms with Crippen molar-refractivity contribution < 1.29 is 18.0 Å². The van der Waals surface area contributed by atoms with Gasteiger partial charge in [-0.05, 0) is 85.4 Å². The Kier molecular flexibility index (Phi) is 8.40. The predicted octanol–water partition coefficient (Wildman–Crippen LogP) is 6.01. The van der Waals surface area contributed by atoms with E-state index in [1.54, 1.807) is 6.07 Å². The van der Waals surface area contributed by atoms with Gasteiger partial charge in [0.25, 0.3) is 5.91 Å². The summed E-state index contributed by atoms with van der Waals surface area (Å²) in [5.41, 5.74) is 10.1. The minimum Gasteiger partial charge on any atom is -0.384 e. The second-order valence-corrected chi connectivity index (χ2v) is 10.4. The Bertz CT molecular complexity index is 1340. The van der Waals surface area contributed by atoms with E-state index in [1.165, 1.54) is 12.1 Å². The number of carbonyl (C=O) groups is 1. The Morgan fingerprint density at radius 1 is 0.900 bits per heavy atom. The number of nitrogens with one attached hydrogen (secondary N) is 1. The van der Waals surface area contributed by atoms with Crippen LogP contribution in [0, 0.1) is 0 Å². The highest BCUT2D eigenvalue weighted by Crippen LogP contribution is 2.35. The molecule has 0 atom stereocenters. The summed E-state index contributed by atoms with van der Waals surface area (Å²) >= 11 is 0. The van der Waals surface area contributed by atoms with E-state index in [0.29, 0.717) is 35.5 Å². The van der Waals surface area contributed by atoms with Crippen LogP contribution in [0.15, 0.2) is 72.3 Å². The molecule has 1 fully saturated rings. The van der Waals surface area contributed by atoms with Crippen LogP contribution < -0.4 is 16.0 Å². The van der Waals surface area contributed by atoms with E-state index in [1.807, 2.05) is 36.4 Å². The molecule has 210 valence electrons. The van der Waals surface area contributed by atoms with Gasteiger partial charge in [0.15, 0.2) is 0 Å². The topological polar surface area (TPSA) is 74.5 Å². The van der Waals surface area contributed by atoms with Crippen molar-refractivity contribution in [2.24, 2.45) is 0 Å². The lowest BCUT2D eigenvalue weighted by molar-refractivity contribution is -0.137. The zero-order valence-corrected chi connectivity index (χ0v) is 22.4. The maximum atomic E-state index is 13.2. The number of nitrogen functional groups attached to an aromatic ring is 1. The van der Waals surface area contributed by atoms with Gasteiger partial charge >= 0.3 is 6.18 Å². The summed E-state index contributed by atoms with van der Waals surface area (Å²) in [6.07, 6.45) is -0.431. The van der Waals surface area contributed by atoms with Crippen molar-refractivity contribution in [1.82, 2.24) is 9.88 Å². The van der Waals surface area contributed by atoms with Gasteiger partial charge in [-0.3, -0.25) is 9.69 Å². The molecule has 1 aliphatic heterocycles. The van der Waals surface area contributed by atoms with E-state index in [4.69, 9.17) is 5.73 Å². The largest absolute Gasteiger partial charge is 0.416 e. The molecular formula is C31H34F3N5O.